The van der Waals surface area contributed by atoms with Crippen molar-refractivity contribution in [1.82, 2.24) is 0 Å². The van der Waals surface area contributed by atoms with Gasteiger partial charge in [0.15, 0.2) is 0 Å². The standard InChI is InChI=1S/C11H14NO2/c1-11(2,3)8-4-6-9(7-5-8)12-10(13)14/h4-7,12H,1-3H3. The molecule has 1 aromatic rings. The molecule has 0 fully saturated rings. The second-order valence-electron chi connectivity index (χ2n) is 4.24. The van der Waals surface area contributed by atoms with Crippen molar-refractivity contribution in [2.45, 2.75) is 26.2 Å². The first-order valence-corrected chi connectivity index (χ1v) is 4.48. The van der Waals surface area contributed by atoms with E-state index in [0.29, 0.717) is 5.69 Å². The van der Waals surface area contributed by atoms with Gasteiger partial charge in [-0.15, -0.1) is 0 Å². The minimum atomic E-state index is -1.28. The van der Waals surface area contributed by atoms with Crippen LogP contribution in [0.4, 0.5) is 10.5 Å². The molecule has 0 bridgehead atoms. The Morgan fingerprint density at radius 2 is 1.64 bits per heavy atom. The molecule has 75 valence electrons. The SMILES string of the molecule is CC(C)(C)c1ccc(NC([O])=O)cc1. The highest BCUT2D eigenvalue weighted by Gasteiger charge is 2.12. The van der Waals surface area contributed by atoms with Gasteiger partial charge in [-0.2, -0.15) is 0 Å². The molecule has 0 heterocycles. The Morgan fingerprint density at radius 1 is 1.14 bits per heavy atom. The number of benzene rings is 1. The lowest BCUT2D eigenvalue weighted by atomic mass is 9.87. The van der Waals surface area contributed by atoms with Crippen LogP contribution in [-0.4, -0.2) is 6.09 Å². The molecule has 0 aliphatic heterocycles. The molecule has 1 aromatic carbocycles. The molecule has 3 heteroatoms. The maximum atomic E-state index is 10.2. The molecule has 0 saturated carbocycles. The monoisotopic (exact) mass is 192 g/mol. The molecule has 1 rings (SSSR count). The summed E-state index contributed by atoms with van der Waals surface area (Å²) in [5.41, 5.74) is 1.79. The average molecular weight is 192 g/mol. The third-order valence-corrected chi connectivity index (χ3v) is 2.00. The van der Waals surface area contributed by atoms with Crippen molar-refractivity contribution >= 4 is 11.8 Å². The summed E-state index contributed by atoms with van der Waals surface area (Å²) in [6.07, 6.45) is -1.28. The predicted molar refractivity (Wildman–Crippen MR) is 54.8 cm³/mol. The molecule has 14 heavy (non-hydrogen) atoms. The van der Waals surface area contributed by atoms with E-state index in [1.54, 1.807) is 12.1 Å². The quantitative estimate of drug-likeness (QED) is 0.730. The van der Waals surface area contributed by atoms with Gasteiger partial charge in [-0.05, 0) is 23.1 Å². The van der Waals surface area contributed by atoms with Gasteiger partial charge in [0, 0.05) is 5.69 Å². The molecule has 0 spiro atoms. The van der Waals surface area contributed by atoms with Crippen molar-refractivity contribution in [3.8, 4) is 0 Å². The Hall–Kier alpha value is -1.51. The highest BCUT2D eigenvalue weighted by atomic mass is 16.4. The van der Waals surface area contributed by atoms with E-state index in [1.165, 1.54) is 5.56 Å². The summed E-state index contributed by atoms with van der Waals surface area (Å²) in [7, 11) is 0. The van der Waals surface area contributed by atoms with Gasteiger partial charge in [-0.3, -0.25) is 5.32 Å². The van der Waals surface area contributed by atoms with Crippen LogP contribution in [0.15, 0.2) is 24.3 Å². The van der Waals surface area contributed by atoms with E-state index < -0.39 is 6.09 Å². The van der Waals surface area contributed by atoms with Crippen LogP contribution in [0.1, 0.15) is 26.3 Å². The van der Waals surface area contributed by atoms with Crippen LogP contribution in [-0.2, 0) is 10.5 Å². The molecule has 0 aliphatic carbocycles. The molecule has 1 amide bonds. The summed E-state index contributed by atoms with van der Waals surface area (Å²) < 4.78 is 0. The number of hydrogen-bond acceptors (Lipinski definition) is 1. The normalized spacial score (nSPS) is 11.1. The van der Waals surface area contributed by atoms with Crippen LogP contribution in [0, 0.1) is 0 Å². The van der Waals surface area contributed by atoms with E-state index in [9.17, 15) is 9.90 Å². The molecule has 0 aromatic heterocycles. The first-order valence-electron chi connectivity index (χ1n) is 4.48. The zero-order valence-corrected chi connectivity index (χ0v) is 8.63. The van der Waals surface area contributed by atoms with E-state index in [2.05, 4.69) is 26.1 Å². The minimum absolute atomic E-state index is 0.0833. The number of carbonyl (C=O) groups excluding carboxylic acids is 1. The highest BCUT2D eigenvalue weighted by Crippen LogP contribution is 2.23. The van der Waals surface area contributed by atoms with Crippen molar-refractivity contribution in [2.24, 2.45) is 0 Å². The van der Waals surface area contributed by atoms with Gasteiger partial charge in [0.1, 0.15) is 0 Å². The summed E-state index contributed by atoms with van der Waals surface area (Å²) in [6, 6.07) is 7.28. The molecule has 1 N–H and O–H groups in total. The van der Waals surface area contributed by atoms with Gasteiger partial charge in [0.2, 0.25) is 0 Å². The van der Waals surface area contributed by atoms with Gasteiger partial charge in [-0.1, -0.05) is 32.9 Å². The van der Waals surface area contributed by atoms with Gasteiger partial charge in [-0.25, -0.2) is 9.90 Å². The topological polar surface area (TPSA) is 49.0 Å². The average Bonchev–Trinajstić information content (AvgIpc) is 2.02. The molecule has 0 unspecified atom stereocenters. The molecule has 1 radical (unpaired) electrons. The first kappa shape index (κ1) is 10.6. The Morgan fingerprint density at radius 3 is 2.00 bits per heavy atom. The van der Waals surface area contributed by atoms with E-state index in [1.807, 2.05) is 12.1 Å². The lowest BCUT2D eigenvalue weighted by Gasteiger charge is -2.18. The van der Waals surface area contributed by atoms with Crippen molar-refractivity contribution in [2.75, 3.05) is 5.32 Å². The molecule has 0 saturated heterocycles. The van der Waals surface area contributed by atoms with Crippen molar-refractivity contribution in [1.29, 1.82) is 0 Å². The largest absolute Gasteiger partial charge is 0.454 e. The number of hydrogen-bond donors (Lipinski definition) is 1. The lowest BCUT2D eigenvalue weighted by Crippen LogP contribution is -2.11. The van der Waals surface area contributed by atoms with E-state index >= 15 is 0 Å². The summed E-state index contributed by atoms with van der Waals surface area (Å²) in [6.45, 7) is 6.32. The second-order valence-corrected chi connectivity index (χ2v) is 4.24. The third kappa shape index (κ3) is 2.76. The fourth-order valence-electron chi connectivity index (χ4n) is 1.17. The molecule has 0 atom stereocenters. The summed E-state index contributed by atoms with van der Waals surface area (Å²) in [5.74, 6) is 0. The molecular formula is C11H14NO2. The highest BCUT2D eigenvalue weighted by molar-refractivity contribution is 5.82. The maximum absolute atomic E-state index is 10.2. The summed E-state index contributed by atoms with van der Waals surface area (Å²) in [4.78, 5) is 10.2. The Balaban J connectivity index is 2.84. The smallest absolute Gasteiger partial charge is 0.288 e. The second kappa shape index (κ2) is 3.70. The number of anilines is 1. The van der Waals surface area contributed by atoms with Crippen LogP contribution in [0.5, 0.6) is 0 Å². The van der Waals surface area contributed by atoms with E-state index in [4.69, 9.17) is 0 Å². The van der Waals surface area contributed by atoms with Crippen molar-refractivity contribution in [3.05, 3.63) is 29.8 Å². The van der Waals surface area contributed by atoms with Gasteiger partial charge in [0.25, 0.3) is 0 Å². The fourth-order valence-corrected chi connectivity index (χ4v) is 1.17. The van der Waals surface area contributed by atoms with Gasteiger partial charge < -0.3 is 0 Å². The Labute approximate surface area is 83.8 Å². The van der Waals surface area contributed by atoms with Crippen molar-refractivity contribution < 1.29 is 9.90 Å². The van der Waals surface area contributed by atoms with E-state index in [-0.39, 0.29) is 5.41 Å². The van der Waals surface area contributed by atoms with Gasteiger partial charge >= 0.3 is 6.09 Å². The van der Waals surface area contributed by atoms with E-state index in [0.717, 1.165) is 0 Å². The Bertz CT molecular complexity index is 322. The number of carbonyl (C=O) groups is 1. The first-order chi connectivity index (χ1) is 6.39. The zero-order valence-electron chi connectivity index (χ0n) is 8.63. The van der Waals surface area contributed by atoms with Crippen LogP contribution >= 0.6 is 0 Å². The lowest BCUT2D eigenvalue weighted by molar-refractivity contribution is 0.185. The third-order valence-electron chi connectivity index (χ3n) is 2.00. The molecule has 0 aliphatic rings. The summed E-state index contributed by atoms with van der Waals surface area (Å²) >= 11 is 0. The van der Waals surface area contributed by atoms with Crippen LogP contribution in [0.3, 0.4) is 0 Å². The zero-order chi connectivity index (χ0) is 10.8. The molecular weight excluding hydrogens is 178 g/mol. The van der Waals surface area contributed by atoms with Crippen LogP contribution in [0.25, 0.3) is 0 Å². The number of rotatable bonds is 1. The minimum Gasteiger partial charge on any atom is -0.288 e. The Kier molecular flexibility index (Phi) is 2.79. The predicted octanol–water partition coefficient (Wildman–Crippen LogP) is 2.95. The fraction of sp³-hybridized carbons (Fsp3) is 0.364. The molecule has 3 nitrogen and oxygen atoms in total. The maximum Gasteiger partial charge on any atom is 0.454 e. The van der Waals surface area contributed by atoms with Crippen LogP contribution in [0.2, 0.25) is 0 Å². The van der Waals surface area contributed by atoms with Crippen LogP contribution < -0.4 is 5.32 Å². The number of nitrogens with one attached hydrogen (secondary N) is 1. The van der Waals surface area contributed by atoms with Gasteiger partial charge in [0.05, 0.1) is 0 Å². The number of amides is 1. The summed E-state index contributed by atoms with van der Waals surface area (Å²) in [5, 5.41) is 12.4. The van der Waals surface area contributed by atoms with Crippen molar-refractivity contribution in [3.63, 3.8) is 0 Å².